The minimum absolute atomic E-state index is 0.105. The number of alkyl halides is 3. The van der Waals surface area contributed by atoms with Gasteiger partial charge in [-0.05, 0) is 62.9 Å². The number of allylic oxidation sites excluding steroid dienone is 1. The van der Waals surface area contributed by atoms with Gasteiger partial charge in [-0.15, -0.1) is 0 Å². The van der Waals surface area contributed by atoms with Crippen LogP contribution in [0.2, 0.25) is 0 Å². The number of carbonyl (C=O) groups excluding carboxylic acids is 3. The molecule has 3 amide bonds. The van der Waals surface area contributed by atoms with Gasteiger partial charge >= 0.3 is 12.2 Å². The van der Waals surface area contributed by atoms with E-state index in [4.69, 9.17) is 0 Å². The van der Waals surface area contributed by atoms with E-state index in [9.17, 15) is 27.6 Å². The molecule has 2 rings (SSSR count). The van der Waals surface area contributed by atoms with Gasteiger partial charge < -0.3 is 25.6 Å². The second-order valence-electron chi connectivity index (χ2n) is 8.57. The zero-order valence-electron chi connectivity index (χ0n) is 20.2. The summed E-state index contributed by atoms with van der Waals surface area (Å²) in [5, 5.41) is 7.78. The first kappa shape index (κ1) is 27.9. The van der Waals surface area contributed by atoms with Crippen LogP contribution in [0.4, 0.5) is 18.0 Å². The molecule has 0 spiro atoms. The van der Waals surface area contributed by atoms with Crippen molar-refractivity contribution in [3.05, 3.63) is 59.9 Å². The minimum Gasteiger partial charge on any atom is -0.353 e. The smallest absolute Gasteiger partial charge is 0.353 e. The first-order valence-electron chi connectivity index (χ1n) is 11.5. The Labute approximate surface area is 203 Å². The zero-order chi connectivity index (χ0) is 26.2. The van der Waals surface area contributed by atoms with Crippen molar-refractivity contribution in [2.75, 3.05) is 20.1 Å². The highest BCUT2D eigenvalue weighted by Gasteiger charge is 2.41. The van der Waals surface area contributed by atoms with Crippen LogP contribution in [0.1, 0.15) is 37.8 Å². The summed E-state index contributed by atoms with van der Waals surface area (Å²) in [6, 6.07) is 4.16. The maximum absolute atomic E-state index is 13.2. The average molecular weight is 495 g/mol. The number of halogens is 3. The molecule has 3 N–H and O–H groups in total. The van der Waals surface area contributed by atoms with E-state index >= 15 is 0 Å². The van der Waals surface area contributed by atoms with Crippen LogP contribution < -0.4 is 16.0 Å². The number of likely N-dealkylation sites (N-methyl/N-ethyl adjacent to an activating group) is 1. The maximum Gasteiger partial charge on any atom is 0.416 e. The number of hydrogen-bond acceptors (Lipinski definition) is 4. The third kappa shape index (κ3) is 7.34. The summed E-state index contributed by atoms with van der Waals surface area (Å²) in [6.07, 6.45) is 1.54. The Morgan fingerprint density at radius 3 is 2.31 bits per heavy atom. The van der Waals surface area contributed by atoms with Gasteiger partial charge in [-0.1, -0.05) is 24.8 Å². The molecule has 1 aromatic carbocycles. The van der Waals surface area contributed by atoms with Crippen molar-refractivity contribution >= 4 is 18.2 Å². The lowest BCUT2D eigenvalue weighted by Crippen LogP contribution is -2.62. The van der Waals surface area contributed by atoms with Crippen molar-refractivity contribution < 1.29 is 27.6 Å². The molecule has 0 aliphatic heterocycles. The topological polar surface area (TPSA) is 90.5 Å². The van der Waals surface area contributed by atoms with Crippen LogP contribution in [0.25, 0.3) is 0 Å². The van der Waals surface area contributed by atoms with Crippen LogP contribution in [-0.2, 0) is 22.2 Å². The quantitative estimate of drug-likeness (QED) is 0.387. The van der Waals surface area contributed by atoms with E-state index in [0.29, 0.717) is 18.4 Å². The molecule has 1 aliphatic rings. The summed E-state index contributed by atoms with van der Waals surface area (Å²) < 4.78 is 38.6. The number of carbonyl (C=O) groups is 3. The van der Waals surface area contributed by atoms with Gasteiger partial charge in [-0.2, -0.15) is 13.2 Å². The number of aldehydes is 1. The Hall–Kier alpha value is -3.30. The van der Waals surface area contributed by atoms with Crippen LogP contribution in [0.3, 0.4) is 0 Å². The van der Waals surface area contributed by atoms with Crippen molar-refractivity contribution in [1.29, 1.82) is 0 Å². The average Bonchev–Trinajstić information content (AvgIpc) is 3.68. The van der Waals surface area contributed by atoms with E-state index in [1.54, 1.807) is 24.1 Å². The van der Waals surface area contributed by atoms with Gasteiger partial charge in [0, 0.05) is 25.2 Å². The molecule has 10 heteroatoms. The molecule has 0 heterocycles. The van der Waals surface area contributed by atoms with Gasteiger partial charge in [0.15, 0.2) is 11.8 Å². The summed E-state index contributed by atoms with van der Waals surface area (Å²) in [5.41, 5.74) is -1.45. The third-order valence-electron chi connectivity index (χ3n) is 6.10. The normalized spacial score (nSPS) is 16.2. The monoisotopic (exact) mass is 494 g/mol. The molecular formula is C25H33F3N4O3. The molecule has 1 aliphatic carbocycles. The molecular weight excluding hydrogens is 461 g/mol. The molecule has 35 heavy (non-hydrogen) atoms. The van der Waals surface area contributed by atoms with Crippen molar-refractivity contribution in [1.82, 2.24) is 20.9 Å². The molecule has 1 saturated carbocycles. The second kappa shape index (κ2) is 11.9. The fraction of sp³-hybridized carbons (Fsp3) is 0.480. The standard InChI is InChI=1S/C25H33F3N4O3/c1-5-13-32(6-2)17(3)24(16-33,31-23(35)29-4)15-30-22(34)21(19-9-10-19)14-18-7-11-20(12-8-18)25(26,27)28/h5,7-8,11-13,16,19,21H,3,6,9-10,14-15H2,1-2,4H3,(H,30,34)(H2,29,31,35)/b13-5-. The van der Waals surface area contributed by atoms with Crippen LogP contribution in [0.15, 0.2) is 48.8 Å². The lowest BCUT2D eigenvalue weighted by Gasteiger charge is -2.36. The molecule has 0 saturated heterocycles. The fourth-order valence-electron chi connectivity index (χ4n) is 3.86. The maximum atomic E-state index is 13.2. The molecule has 1 fully saturated rings. The lowest BCUT2D eigenvalue weighted by molar-refractivity contribution is -0.137. The highest BCUT2D eigenvalue weighted by Crippen LogP contribution is 2.39. The van der Waals surface area contributed by atoms with Crippen molar-refractivity contribution in [2.24, 2.45) is 11.8 Å². The van der Waals surface area contributed by atoms with E-state index in [0.717, 1.165) is 25.0 Å². The highest BCUT2D eigenvalue weighted by atomic mass is 19.4. The molecule has 1 aromatic rings. The van der Waals surface area contributed by atoms with Gasteiger partial charge in [0.25, 0.3) is 0 Å². The number of nitrogens with zero attached hydrogens (tertiary/aromatic N) is 1. The van der Waals surface area contributed by atoms with Crippen LogP contribution in [0, 0.1) is 11.8 Å². The van der Waals surface area contributed by atoms with Gasteiger partial charge in [0.1, 0.15) is 0 Å². The van der Waals surface area contributed by atoms with Gasteiger partial charge in [-0.3, -0.25) is 4.79 Å². The number of benzene rings is 1. The molecule has 7 nitrogen and oxygen atoms in total. The van der Waals surface area contributed by atoms with Crippen LogP contribution >= 0.6 is 0 Å². The Balaban J connectivity index is 2.21. The van der Waals surface area contributed by atoms with Crippen molar-refractivity contribution in [3.8, 4) is 0 Å². The summed E-state index contributed by atoms with van der Waals surface area (Å²) in [5.74, 6) is -0.699. The van der Waals surface area contributed by atoms with E-state index in [-0.39, 0.29) is 30.5 Å². The molecule has 0 bridgehead atoms. The van der Waals surface area contributed by atoms with Gasteiger partial charge in [-0.25, -0.2) is 4.79 Å². The predicted molar refractivity (Wildman–Crippen MR) is 127 cm³/mol. The predicted octanol–water partition coefficient (Wildman–Crippen LogP) is 3.63. The largest absolute Gasteiger partial charge is 0.416 e. The summed E-state index contributed by atoms with van der Waals surface area (Å²) in [4.78, 5) is 39.3. The first-order valence-corrected chi connectivity index (χ1v) is 11.5. The number of rotatable bonds is 12. The van der Waals surface area contributed by atoms with Crippen LogP contribution in [-0.4, -0.2) is 48.8 Å². The Bertz CT molecular complexity index is 942. The van der Waals surface area contributed by atoms with E-state index < -0.39 is 29.2 Å². The van der Waals surface area contributed by atoms with E-state index in [2.05, 4.69) is 22.5 Å². The number of nitrogens with one attached hydrogen (secondary N) is 3. The third-order valence-corrected chi connectivity index (χ3v) is 6.10. The van der Waals surface area contributed by atoms with Crippen molar-refractivity contribution in [2.45, 2.75) is 44.8 Å². The molecule has 0 aromatic heterocycles. The summed E-state index contributed by atoms with van der Waals surface area (Å²) in [7, 11) is 1.41. The second-order valence-corrected chi connectivity index (χ2v) is 8.57. The lowest BCUT2D eigenvalue weighted by atomic mass is 9.92. The molecule has 192 valence electrons. The Morgan fingerprint density at radius 2 is 1.86 bits per heavy atom. The number of hydrogen-bond donors (Lipinski definition) is 3. The summed E-state index contributed by atoms with van der Waals surface area (Å²) in [6.45, 7) is 7.89. The fourth-order valence-corrected chi connectivity index (χ4v) is 3.86. The summed E-state index contributed by atoms with van der Waals surface area (Å²) >= 11 is 0. The van der Waals surface area contributed by atoms with Gasteiger partial charge in [0.2, 0.25) is 5.91 Å². The SMILES string of the molecule is C=C(N(/C=C\C)CC)C(C=O)(CNC(=O)C(Cc1ccc(C(F)(F)F)cc1)C1CC1)NC(=O)NC. The number of amides is 3. The van der Waals surface area contributed by atoms with Crippen LogP contribution in [0.5, 0.6) is 0 Å². The first-order chi connectivity index (χ1) is 16.5. The number of urea groups is 1. The Morgan fingerprint density at radius 1 is 1.23 bits per heavy atom. The van der Waals surface area contributed by atoms with Gasteiger partial charge in [0.05, 0.1) is 12.1 Å². The minimum atomic E-state index is -4.43. The van der Waals surface area contributed by atoms with Crippen molar-refractivity contribution in [3.63, 3.8) is 0 Å². The highest BCUT2D eigenvalue weighted by molar-refractivity contribution is 5.85. The molecule has 0 radical (unpaired) electrons. The molecule has 2 unspecified atom stereocenters. The van der Waals surface area contributed by atoms with E-state index in [1.807, 2.05) is 6.92 Å². The Kier molecular flexibility index (Phi) is 9.50. The molecule has 2 atom stereocenters. The zero-order valence-corrected chi connectivity index (χ0v) is 20.2. The van der Waals surface area contributed by atoms with E-state index in [1.165, 1.54) is 19.2 Å².